The lowest BCUT2D eigenvalue weighted by molar-refractivity contribution is -0.248. The van der Waals surface area contributed by atoms with Crippen molar-refractivity contribution in [3.8, 4) is 6.01 Å². The highest BCUT2D eigenvalue weighted by atomic mass is 16.7. The van der Waals surface area contributed by atoms with Gasteiger partial charge in [0.15, 0.2) is 5.79 Å². The number of ether oxygens (including phenoxy) is 4. The molecule has 12 heteroatoms. The average Bonchev–Trinajstić information content (AvgIpc) is 3.40. The van der Waals surface area contributed by atoms with Crippen molar-refractivity contribution < 1.29 is 28.5 Å². The van der Waals surface area contributed by atoms with E-state index in [1.165, 1.54) is 0 Å². The molecule has 1 aromatic rings. The van der Waals surface area contributed by atoms with Gasteiger partial charge in [-0.2, -0.15) is 9.97 Å². The minimum Gasteiger partial charge on any atom is -0.462 e. The zero-order valence-electron chi connectivity index (χ0n) is 28.6. The van der Waals surface area contributed by atoms with E-state index in [1.807, 2.05) is 25.7 Å². The van der Waals surface area contributed by atoms with E-state index in [-0.39, 0.29) is 35.2 Å². The van der Waals surface area contributed by atoms with Crippen molar-refractivity contribution in [3.05, 3.63) is 23.0 Å². The number of carbonyl (C=O) groups excluding carboxylic acids is 2. The summed E-state index contributed by atoms with van der Waals surface area (Å²) < 4.78 is 24.6. The molecule has 3 saturated heterocycles. The zero-order valence-corrected chi connectivity index (χ0v) is 28.6. The fraction of sp³-hybridized carbons (Fsp3) is 0.771. The third-order valence-electron chi connectivity index (χ3n) is 11.4. The van der Waals surface area contributed by atoms with Crippen LogP contribution in [-0.4, -0.2) is 108 Å². The maximum absolute atomic E-state index is 14.5. The molecule has 1 aromatic heterocycles. The third kappa shape index (κ3) is 5.99. The molecule has 0 radical (unpaired) electrons. The highest BCUT2D eigenvalue weighted by Crippen LogP contribution is 2.58. The van der Waals surface area contributed by atoms with Gasteiger partial charge < -0.3 is 34.5 Å². The predicted octanol–water partition coefficient (Wildman–Crippen LogP) is 4.42. The van der Waals surface area contributed by atoms with Crippen molar-refractivity contribution in [1.29, 1.82) is 0 Å². The first-order chi connectivity index (χ1) is 22.4. The number of rotatable bonds is 6. The first-order valence-electron chi connectivity index (χ1n) is 17.7. The van der Waals surface area contributed by atoms with Gasteiger partial charge in [-0.1, -0.05) is 6.42 Å². The van der Waals surface area contributed by atoms with Gasteiger partial charge in [0.2, 0.25) is 5.78 Å². The van der Waals surface area contributed by atoms with Gasteiger partial charge in [0.25, 0.3) is 0 Å². The number of aromatic nitrogens is 2. The van der Waals surface area contributed by atoms with E-state index in [9.17, 15) is 9.59 Å². The molecule has 47 heavy (non-hydrogen) atoms. The summed E-state index contributed by atoms with van der Waals surface area (Å²) in [5, 5.41) is 0. The molecule has 3 spiro atoms. The number of carbonyl (C=O) groups is 2. The number of fused-ring (bicyclic) bond motifs is 1. The van der Waals surface area contributed by atoms with Crippen LogP contribution in [0.5, 0.6) is 6.01 Å². The lowest BCUT2D eigenvalue weighted by Gasteiger charge is -2.52. The third-order valence-corrected chi connectivity index (χ3v) is 11.4. The molecule has 5 fully saturated rings. The Morgan fingerprint density at radius 1 is 1.00 bits per heavy atom. The van der Waals surface area contributed by atoms with Gasteiger partial charge in [-0.25, -0.2) is 4.79 Å². The second-order valence-corrected chi connectivity index (χ2v) is 15.6. The van der Waals surface area contributed by atoms with Crippen LogP contribution >= 0.6 is 0 Å². The van der Waals surface area contributed by atoms with Crippen LogP contribution in [0.25, 0.3) is 0 Å². The Kier molecular flexibility index (Phi) is 8.44. The van der Waals surface area contributed by atoms with Crippen LogP contribution in [0.4, 0.5) is 10.6 Å². The largest absolute Gasteiger partial charge is 0.462 e. The molecule has 0 bridgehead atoms. The Morgan fingerprint density at radius 3 is 2.45 bits per heavy atom. The van der Waals surface area contributed by atoms with E-state index in [0.717, 1.165) is 70.8 Å². The van der Waals surface area contributed by atoms with E-state index < -0.39 is 16.8 Å². The number of likely N-dealkylation sites (tertiary alicyclic amines) is 1. The maximum Gasteiger partial charge on any atom is 0.410 e. The lowest BCUT2D eigenvalue weighted by Crippen LogP contribution is -2.58. The summed E-state index contributed by atoms with van der Waals surface area (Å²) in [5.41, 5.74) is 7.17. The summed E-state index contributed by atoms with van der Waals surface area (Å²) in [7, 11) is 2.11. The van der Waals surface area contributed by atoms with E-state index in [2.05, 4.69) is 16.8 Å². The summed E-state index contributed by atoms with van der Waals surface area (Å²) in [4.78, 5) is 43.5. The lowest BCUT2D eigenvalue weighted by atomic mass is 9.60. The number of hydrogen-bond donors (Lipinski definition) is 1. The Labute approximate surface area is 278 Å². The van der Waals surface area contributed by atoms with Crippen LogP contribution in [0, 0.1) is 5.41 Å². The second kappa shape index (κ2) is 12.2. The highest BCUT2D eigenvalue weighted by Gasteiger charge is 2.60. The number of allylic oxidation sites excluding steroid dienone is 1. The van der Waals surface area contributed by atoms with E-state index in [1.54, 1.807) is 6.07 Å². The highest BCUT2D eigenvalue weighted by molar-refractivity contribution is 6.08. The van der Waals surface area contributed by atoms with Crippen LogP contribution in [0.1, 0.15) is 102 Å². The number of nitrogens with two attached hydrogens (primary N) is 1. The molecule has 6 aliphatic rings. The van der Waals surface area contributed by atoms with Gasteiger partial charge in [-0.3, -0.25) is 9.69 Å². The van der Waals surface area contributed by atoms with E-state index >= 15 is 0 Å². The van der Waals surface area contributed by atoms with Crippen LogP contribution in [-0.2, 0) is 14.2 Å². The van der Waals surface area contributed by atoms with Gasteiger partial charge in [0.1, 0.15) is 23.7 Å². The SMILES string of the molecule is CN1CCC[C@H]1COc1nc(C(=O)C2=C(N)[C@]3(CCCCC34OCCO4)CCC2)cc(N2CCN(C(=O)OC(C)(C)C)C3(CC3)C2)n1. The van der Waals surface area contributed by atoms with Gasteiger partial charge in [0, 0.05) is 49.4 Å². The molecular weight excluding hydrogens is 600 g/mol. The molecule has 4 heterocycles. The molecule has 0 aromatic carbocycles. The van der Waals surface area contributed by atoms with E-state index in [0.29, 0.717) is 63.0 Å². The normalized spacial score (nSPS) is 28.8. The summed E-state index contributed by atoms with van der Waals surface area (Å²) in [6, 6.07) is 2.27. The molecule has 3 aliphatic carbocycles. The number of likely N-dealkylation sites (N-methyl/N-ethyl adjacent to an activating group) is 1. The zero-order chi connectivity index (χ0) is 33.0. The standard InChI is InChI=1S/C35H52N6O6/c1-32(2,3)47-31(43)41-18-17-40(23-33(41)14-15-33)27-21-26(37-30(38-27)44-22-24-9-8-16-39(24)4)28(42)25-10-7-12-34(29(25)36)11-5-6-13-35(34)45-19-20-46-35/h21,24H,5-20,22-23,36H2,1-4H3/t24-,34-/m0/s1. The van der Waals surface area contributed by atoms with Gasteiger partial charge in [-0.05, 0) is 92.2 Å². The number of amides is 1. The molecule has 1 amide bonds. The number of hydrogen-bond acceptors (Lipinski definition) is 11. The van der Waals surface area contributed by atoms with Crippen molar-refractivity contribution in [2.75, 3.05) is 57.9 Å². The monoisotopic (exact) mass is 652 g/mol. The first kappa shape index (κ1) is 32.6. The van der Waals surface area contributed by atoms with Crippen molar-refractivity contribution in [2.45, 2.75) is 114 Å². The predicted molar refractivity (Wildman–Crippen MR) is 175 cm³/mol. The van der Waals surface area contributed by atoms with Gasteiger partial charge >= 0.3 is 12.1 Å². The molecule has 2 saturated carbocycles. The van der Waals surface area contributed by atoms with Crippen molar-refractivity contribution in [2.24, 2.45) is 11.1 Å². The van der Waals surface area contributed by atoms with Gasteiger partial charge in [-0.15, -0.1) is 0 Å². The van der Waals surface area contributed by atoms with E-state index in [4.69, 9.17) is 34.6 Å². The molecule has 258 valence electrons. The number of ketones is 1. The topological polar surface area (TPSA) is 133 Å². The van der Waals surface area contributed by atoms with Crippen LogP contribution < -0.4 is 15.4 Å². The Balaban J connectivity index is 1.19. The molecule has 2 atom stereocenters. The molecule has 2 N–H and O–H groups in total. The maximum atomic E-state index is 14.5. The first-order valence-corrected chi connectivity index (χ1v) is 17.7. The molecule has 7 rings (SSSR count). The van der Waals surface area contributed by atoms with Crippen LogP contribution in [0.2, 0.25) is 0 Å². The number of anilines is 1. The Hall–Kier alpha value is -2.96. The van der Waals surface area contributed by atoms with Crippen LogP contribution in [0.3, 0.4) is 0 Å². The Morgan fingerprint density at radius 2 is 1.74 bits per heavy atom. The smallest absolute Gasteiger partial charge is 0.410 e. The fourth-order valence-corrected chi connectivity index (χ4v) is 8.72. The average molecular weight is 653 g/mol. The molecule has 3 aliphatic heterocycles. The van der Waals surface area contributed by atoms with Crippen molar-refractivity contribution in [3.63, 3.8) is 0 Å². The summed E-state index contributed by atoms with van der Waals surface area (Å²) in [5.74, 6) is -0.304. The minimum atomic E-state index is -0.758. The Bertz CT molecular complexity index is 1420. The van der Waals surface area contributed by atoms with Crippen molar-refractivity contribution >= 4 is 17.7 Å². The fourth-order valence-electron chi connectivity index (χ4n) is 8.72. The number of nitrogens with zero attached hydrogens (tertiary/aromatic N) is 5. The van der Waals surface area contributed by atoms with Crippen LogP contribution in [0.15, 0.2) is 17.3 Å². The number of piperazine rings is 1. The summed E-state index contributed by atoms with van der Waals surface area (Å²) >= 11 is 0. The van der Waals surface area contributed by atoms with Gasteiger partial charge in [0.05, 0.1) is 24.2 Å². The minimum absolute atomic E-state index is 0.180. The quantitative estimate of drug-likeness (QED) is 0.438. The molecule has 0 unspecified atom stereocenters. The van der Waals surface area contributed by atoms with Crippen molar-refractivity contribution in [1.82, 2.24) is 19.8 Å². The summed E-state index contributed by atoms with van der Waals surface area (Å²) in [6.07, 6.45) is 9.64. The molecular formula is C35H52N6O6. The second-order valence-electron chi connectivity index (χ2n) is 15.6. The molecule has 12 nitrogen and oxygen atoms in total. The number of Topliss-reactive ketones (excluding diaryl/α,β-unsaturated/α-hetero) is 1. The summed E-state index contributed by atoms with van der Waals surface area (Å²) in [6.45, 7) is 9.93.